The first-order chi connectivity index (χ1) is 10.2. The summed E-state index contributed by atoms with van der Waals surface area (Å²) in [6.07, 6.45) is -9.99. The molecule has 0 unspecified atom stereocenters. The van der Waals surface area contributed by atoms with Gasteiger partial charge in [-0.15, -0.1) is 12.4 Å². The van der Waals surface area contributed by atoms with Gasteiger partial charge >= 0.3 is 18.3 Å². The van der Waals surface area contributed by atoms with Gasteiger partial charge in [0.25, 0.3) is 0 Å². The molecule has 24 heavy (non-hydrogen) atoms. The highest BCUT2D eigenvalue weighted by Gasteiger charge is 2.43. The molecule has 0 radical (unpaired) electrons. The van der Waals surface area contributed by atoms with Gasteiger partial charge in [0.05, 0.1) is 23.7 Å². The molecule has 1 aromatic rings. The minimum atomic E-state index is -5.06. The van der Waals surface area contributed by atoms with E-state index in [1.54, 1.807) is 0 Å². The topological polar surface area (TPSA) is 52.3 Å². The van der Waals surface area contributed by atoms with E-state index in [4.69, 9.17) is 5.73 Å². The molecule has 0 aliphatic rings. The number of benzene rings is 1. The van der Waals surface area contributed by atoms with Crippen LogP contribution in [0.25, 0.3) is 0 Å². The standard InChI is InChI=1S/C14H15F6NO2.ClH/c1-12(2,11(22)23-3)10(21)8-5-4-7(13(15,16)17)6-9(8)14(18,19)20;/h4-6,10H,21H2,1-3H3;1H/t10-;/m0./s1. The number of nitrogens with two attached hydrogens (primary N) is 1. The van der Waals surface area contributed by atoms with Crippen molar-refractivity contribution in [3.8, 4) is 0 Å². The minimum Gasteiger partial charge on any atom is -0.469 e. The average molecular weight is 380 g/mol. The van der Waals surface area contributed by atoms with Crippen LogP contribution in [0.1, 0.15) is 36.6 Å². The van der Waals surface area contributed by atoms with Gasteiger partial charge in [-0.1, -0.05) is 6.07 Å². The van der Waals surface area contributed by atoms with Gasteiger partial charge in [0.15, 0.2) is 0 Å². The Balaban J connectivity index is 0.00000529. The van der Waals surface area contributed by atoms with Crippen molar-refractivity contribution in [2.24, 2.45) is 11.1 Å². The van der Waals surface area contributed by atoms with Crippen LogP contribution in [0, 0.1) is 5.41 Å². The third-order valence-electron chi connectivity index (χ3n) is 3.51. The molecule has 0 aromatic heterocycles. The summed E-state index contributed by atoms with van der Waals surface area (Å²) in [5.41, 5.74) is 0.574. The maximum Gasteiger partial charge on any atom is 0.416 e. The first kappa shape index (κ1) is 22.5. The zero-order chi connectivity index (χ0) is 18.2. The molecule has 10 heteroatoms. The fraction of sp³-hybridized carbons (Fsp3) is 0.500. The van der Waals surface area contributed by atoms with E-state index in [1.807, 2.05) is 0 Å². The van der Waals surface area contributed by atoms with Gasteiger partial charge in [0.1, 0.15) is 0 Å². The molecule has 0 fully saturated rings. The molecule has 0 bridgehead atoms. The molecule has 0 amide bonds. The fourth-order valence-corrected chi connectivity index (χ4v) is 2.03. The molecular formula is C14H16ClF6NO2. The Morgan fingerprint density at radius 2 is 1.58 bits per heavy atom. The lowest BCUT2D eigenvalue weighted by Gasteiger charge is -2.31. The van der Waals surface area contributed by atoms with Crippen molar-refractivity contribution in [1.29, 1.82) is 0 Å². The molecule has 0 saturated heterocycles. The van der Waals surface area contributed by atoms with Crippen molar-refractivity contribution >= 4 is 18.4 Å². The number of carbonyl (C=O) groups excluding carboxylic acids is 1. The van der Waals surface area contributed by atoms with Crippen LogP contribution in [-0.2, 0) is 21.9 Å². The zero-order valence-corrected chi connectivity index (χ0v) is 13.7. The van der Waals surface area contributed by atoms with Crippen molar-refractivity contribution in [2.75, 3.05) is 7.11 Å². The molecule has 1 aromatic carbocycles. The number of hydrogen-bond donors (Lipinski definition) is 1. The minimum absolute atomic E-state index is 0. The Morgan fingerprint density at radius 3 is 1.96 bits per heavy atom. The Hall–Kier alpha value is -1.48. The van der Waals surface area contributed by atoms with Crippen LogP contribution in [0.3, 0.4) is 0 Å². The van der Waals surface area contributed by atoms with Crippen molar-refractivity contribution in [1.82, 2.24) is 0 Å². The van der Waals surface area contributed by atoms with Crippen LogP contribution in [0.2, 0.25) is 0 Å². The molecule has 0 heterocycles. The normalized spacial score (nSPS) is 13.9. The van der Waals surface area contributed by atoms with E-state index in [2.05, 4.69) is 4.74 Å². The predicted molar refractivity (Wildman–Crippen MR) is 76.4 cm³/mol. The Labute approximate surface area is 140 Å². The van der Waals surface area contributed by atoms with E-state index in [0.717, 1.165) is 7.11 Å². The summed E-state index contributed by atoms with van der Waals surface area (Å²) in [5, 5.41) is 0. The van der Waals surface area contributed by atoms with Crippen LogP contribution in [0.4, 0.5) is 26.3 Å². The highest BCUT2D eigenvalue weighted by Crippen LogP contribution is 2.42. The number of rotatable bonds is 3. The van der Waals surface area contributed by atoms with Crippen molar-refractivity contribution in [3.63, 3.8) is 0 Å². The Morgan fingerprint density at radius 1 is 1.08 bits per heavy atom. The van der Waals surface area contributed by atoms with Crippen LogP contribution in [0.15, 0.2) is 18.2 Å². The molecule has 0 saturated carbocycles. The Bertz CT molecular complexity index is 598. The summed E-state index contributed by atoms with van der Waals surface area (Å²) in [4.78, 5) is 11.7. The SMILES string of the molecule is COC(=O)C(C)(C)[C@@H](N)c1ccc(C(F)(F)F)cc1C(F)(F)F.Cl. The molecule has 138 valence electrons. The summed E-state index contributed by atoms with van der Waals surface area (Å²) in [6, 6.07) is -0.379. The summed E-state index contributed by atoms with van der Waals surface area (Å²) >= 11 is 0. The van der Waals surface area contributed by atoms with Gasteiger partial charge in [-0.2, -0.15) is 26.3 Å². The third kappa shape index (κ3) is 4.54. The number of methoxy groups -OCH3 is 1. The van der Waals surface area contributed by atoms with E-state index >= 15 is 0 Å². The number of alkyl halides is 6. The number of halogens is 7. The lowest BCUT2D eigenvalue weighted by Crippen LogP contribution is -2.38. The van der Waals surface area contributed by atoms with Gasteiger partial charge in [0.2, 0.25) is 0 Å². The van der Waals surface area contributed by atoms with E-state index in [1.165, 1.54) is 13.8 Å². The number of hydrogen-bond acceptors (Lipinski definition) is 3. The molecule has 3 nitrogen and oxygen atoms in total. The largest absolute Gasteiger partial charge is 0.469 e. The first-order valence-corrected chi connectivity index (χ1v) is 6.35. The second-order valence-corrected chi connectivity index (χ2v) is 5.49. The second-order valence-electron chi connectivity index (χ2n) is 5.49. The van der Waals surface area contributed by atoms with Crippen molar-refractivity contribution in [3.05, 3.63) is 34.9 Å². The second kappa shape index (κ2) is 7.18. The number of carbonyl (C=O) groups is 1. The first-order valence-electron chi connectivity index (χ1n) is 6.35. The third-order valence-corrected chi connectivity index (χ3v) is 3.51. The van der Waals surface area contributed by atoms with Gasteiger partial charge < -0.3 is 10.5 Å². The molecule has 0 aliphatic heterocycles. The highest BCUT2D eigenvalue weighted by molar-refractivity contribution is 5.85. The maximum atomic E-state index is 13.1. The molecule has 2 N–H and O–H groups in total. The summed E-state index contributed by atoms with van der Waals surface area (Å²) < 4.78 is 81.7. The Kier molecular flexibility index (Phi) is 6.74. The van der Waals surface area contributed by atoms with Crippen molar-refractivity contribution in [2.45, 2.75) is 32.2 Å². The number of ether oxygens (including phenoxy) is 1. The lowest BCUT2D eigenvalue weighted by molar-refractivity contribution is -0.153. The highest BCUT2D eigenvalue weighted by atomic mass is 35.5. The monoisotopic (exact) mass is 379 g/mol. The molecule has 0 aliphatic carbocycles. The quantitative estimate of drug-likeness (QED) is 0.627. The van der Waals surface area contributed by atoms with E-state index in [0.29, 0.717) is 12.1 Å². The molecule has 1 rings (SSSR count). The van der Waals surface area contributed by atoms with Crippen molar-refractivity contribution < 1.29 is 35.9 Å². The number of esters is 1. The molecular weight excluding hydrogens is 364 g/mol. The summed E-state index contributed by atoms with van der Waals surface area (Å²) in [6.45, 7) is 2.50. The lowest BCUT2D eigenvalue weighted by atomic mass is 9.79. The maximum absolute atomic E-state index is 13.1. The van der Waals surface area contributed by atoms with E-state index in [9.17, 15) is 31.1 Å². The average Bonchev–Trinajstić information content (AvgIpc) is 2.42. The van der Waals surface area contributed by atoms with Gasteiger partial charge in [-0.3, -0.25) is 4.79 Å². The smallest absolute Gasteiger partial charge is 0.416 e. The predicted octanol–water partition coefficient (Wildman–Crippen LogP) is 4.35. The van der Waals surface area contributed by atoms with Gasteiger partial charge in [-0.05, 0) is 31.5 Å². The van der Waals surface area contributed by atoms with Crippen LogP contribution < -0.4 is 5.73 Å². The molecule has 0 spiro atoms. The summed E-state index contributed by atoms with van der Waals surface area (Å²) in [5.74, 6) is -0.877. The van der Waals surface area contributed by atoms with Crippen LogP contribution in [-0.4, -0.2) is 13.1 Å². The van der Waals surface area contributed by atoms with Gasteiger partial charge in [0, 0.05) is 6.04 Å². The van der Waals surface area contributed by atoms with E-state index < -0.39 is 46.5 Å². The van der Waals surface area contributed by atoms with Crippen LogP contribution >= 0.6 is 12.4 Å². The van der Waals surface area contributed by atoms with Gasteiger partial charge in [-0.25, -0.2) is 0 Å². The zero-order valence-electron chi connectivity index (χ0n) is 12.9. The van der Waals surface area contributed by atoms with E-state index in [-0.39, 0.29) is 18.5 Å². The summed E-state index contributed by atoms with van der Waals surface area (Å²) in [7, 11) is 1.04. The molecule has 1 atom stereocenters. The van der Waals surface area contributed by atoms with Crippen LogP contribution in [0.5, 0.6) is 0 Å². The fourth-order valence-electron chi connectivity index (χ4n) is 2.03.